The van der Waals surface area contributed by atoms with Crippen LogP contribution in [0.2, 0.25) is 5.02 Å². The lowest BCUT2D eigenvalue weighted by Gasteiger charge is -2.11. The predicted octanol–water partition coefficient (Wildman–Crippen LogP) is 4.44. The van der Waals surface area contributed by atoms with Crippen LogP contribution in [0.3, 0.4) is 0 Å². The van der Waals surface area contributed by atoms with Crippen molar-refractivity contribution in [2.24, 2.45) is 0 Å². The Kier molecular flexibility index (Phi) is 5.77. The number of para-hydroxylation sites is 1. The van der Waals surface area contributed by atoms with Gasteiger partial charge in [0, 0.05) is 21.7 Å². The van der Waals surface area contributed by atoms with Gasteiger partial charge < -0.3 is 4.74 Å². The Morgan fingerprint density at radius 3 is 2.62 bits per heavy atom. The molecule has 2 heterocycles. The normalized spacial score (nSPS) is 10.6. The number of nitrogens with zero attached hydrogens (tertiary/aromatic N) is 4. The summed E-state index contributed by atoms with van der Waals surface area (Å²) in [6, 6.07) is 15.1. The molecule has 0 aliphatic rings. The summed E-state index contributed by atoms with van der Waals surface area (Å²) in [5, 5.41) is 13.0. The topological polar surface area (TPSA) is 132 Å². The van der Waals surface area contributed by atoms with E-state index in [1.807, 2.05) is 25.1 Å². The number of fused-ring (bicyclic) bond motifs is 1. The molecule has 0 fully saturated rings. The van der Waals surface area contributed by atoms with Gasteiger partial charge in [-0.15, -0.1) is 0 Å². The molecule has 0 aliphatic carbocycles. The number of aromatic nitrogens is 3. The van der Waals surface area contributed by atoms with Gasteiger partial charge in [0.1, 0.15) is 11.8 Å². The molecular weight excluding hydrogens is 436 g/mol. The number of anilines is 1. The first kappa shape index (κ1) is 20.9. The standard InChI is InChI=1S/C21H15ClN6O4/c1-12-5-6-13-3-2-4-16(17(13)25-12)32-21-18(28(30)31)19(23-11-24-21)26-27-20(29)14-7-9-15(22)10-8-14/h2-11H,1H3,(H,27,29)(H,23,24,26). The second-order valence-corrected chi connectivity index (χ2v) is 7.04. The summed E-state index contributed by atoms with van der Waals surface area (Å²) in [5.41, 5.74) is 5.87. The second kappa shape index (κ2) is 8.82. The van der Waals surface area contributed by atoms with Gasteiger partial charge in [0.05, 0.1) is 4.92 Å². The van der Waals surface area contributed by atoms with Crippen molar-refractivity contribution in [1.29, 1.82) is 0 Å². The Hall–Kier alpha value is -4.31. The molecule has 2 aromatic heterocycles. The Bertz CT molecular complexity index is 1330. The Balaban J connectivity index is 1.63. The zero-order valence-electron chi connectivity index (χ0n) is 16.6. The van der Waals surface area contributed by atoms with Crippen molar-refractivity contribution < 1.29 is 14.5 Å². The summed E-state index contributed by atoms with van der Waals surface area (Å²) in [7, 11) is 0. The van der Waals surface area contributed by atoms with E-state index >= 15 is 0 Å². The van der Waals surface area contributed by atoms with Gasteiger partial charge in [-0.2, -0.15) is 4.98 Å². The van der Waals surface area contributed by atoms with Crippen molar-refractivity contribution in [3.05, 3.63) is 87.3 Å². The lowest BCUT2D eigenvalue weighted by atomic mass is 10.2. The minimum atomic E-state index is -0.698. The number of hydrogen-bond acceptors (Lipinski definition) is 8. The third kappa shape index (κ3) is 4.40. The number of aryl methyl sites for hydroxylation is 1. The van der Waals surface area contributed by atoms with Crippen molar-refractivity contribution in [2.45, 2.75) is 6.92 Å². The third-order valence-electron chi connectivity index (χ3n) is 4.40. The summed E-state index contributed by atoms with van der Waals surface area (Å²) >= 11 is 5.82. The predicted molar refractivity (Wildman–Crippen MR) is 118 cm³/mol. The first-order chi connectivity index (χ1) is 15.4. The van der Waals surface area contributed by atoms with E-state index in [1.165, 1.54) is 12.1 Å². The minimum absolute atomic E-state index is 0.244. The van der Waals surface area contributed by atoms with E-state index in [4.69, 9.17) is 16.3 Å². The Labute approximate surface area is 186 Å². The molecule has 0 aliphatic heterocycles. The van der Waals surface area contributed by atoms with E-state index in [-0.39, 0.29) is 11.7 Å². The fraction of sp³-hybridized carbons (Fsp3) is 0.0476. The van der Waals surface area contributed by atoms with Gasteiger partial charge in [-0.3, -0.25) is 25.8 Å². The zero-order chi connectivity index (χ0) is 22.7. The lowest BCUT2D eigenvalue weighted by molar-refractivity contribution is -0.385. The average Bonchev–Trinajstić information content (AvgIpc) is 2.78. The number of nitrogens with one attached hydrogen (secondary N) is 2. The van der Waals surface area contributed by atoms with Crippen LogP contribution in [0.1, 0.15) is 16.1 Å². The number of pyridine rings is 1. The number of carbonyl (C=O) groups is 1. The molecule has 32 heavy (non-hydrogen) atoms. The molecule has 0 saturated heterocycles. The maximum absolute atomic E-state index is 12.3. The molecule has 11 heteroatoms. The van der Waals surface area contributed by atoms with Gasteiger partial charge in [0.2, 0.25) is 5.82 Å². The molecule has 1 amide bonds. The maximum atomic E-state index is 12.3. The van der Waals surface area contributed by atoms with Crippen molar-refractivity contribution in [1.82, 2.24) is 20.4 Å². The van der Waals surface area contributed by atoms with Crippen molar-refractivity contribution >= 4 is 39.9 Å². The van der Waals surface area contributed by atoms with Crippen LogP contribution < -0.4 is 15.6 Å². The molecule has 0 saturated carbocycles. The third-order valence-corrected chi connectivity index (χ3v) is 4.65. The number of ether oxygens (including phenoxy) is 1. The van der Waals surface area contributed by atoms with Crippen LogP contribution in [0, 0.1) is 17.0 Å². The number of hydrazine groups is 1. The summed E-state index contributed by atoms with van der Waals surface area (Å²) in [6.45, 7) is 1.83. The van der Waals surface area contributed by atoms with Crippen LogP contribution in [0.15, 0.2) is 60.9 Å². The molecule has 10 nitrogen and oxygen atoms in total. The second-order valence-electron chi connectivity index (χ2n) is 6.60. The van der Waals surface area contributed by atoms with E-state index in [1.54, 1.807) is 24.3 Å². The molecule has 0 bridgehead atoms. The Morgan fingerprint density at radius 2 is 1.88 bits per heavy atom. The highest BCUT2D eigenvalue weighted by Gasteiger charge is 2.26. The molecule has 160 valence electrons. The largest absolute Gasteiger partial charge is 0.431 e. The molecule has 0 spiro atoms. The number of rotatable bonds is 6. The smallest absolute Gasteiger partial charge is 0.374 e. The van der Waals surface area contributed by atoms with Crippen molar-refractivity contribution in [3.63, 3.8) is 0 Å². The maximum Gasteiger partial charge on any atom is 0.374 e. The quantitative estimate of drug-likeness (QED) is 0.325. The van der Waals surface area contributed by atoms with Gasteiger partial charge in [-0.05, 0) is 43.3 Å². The van der Waals surface area contributed by atoms with E-state index < -0.39 is 16.5 Å². The highest BCUT2D eigenvalue weighted by Crippen LogP contribution is 2.36. The van der Waals surface area contributed by atoms with Crippen molar-refractivity contribution in [2.75, 3.05) is 5.43 Å². The first-order valence-corrected chi connectivity index (χ1v) is 9.65. The molecule has 2 aromatic carbocycles. The highest BCUT2D eigenvalue weighted by molar-refractivity contribution is 6.30. The number of amides is 1. The number of halogens is 1. The van der Waals surface area contributed by atoms with E-state index in [0.717, 1.165) is 17.4 Å². The molecular formula is C21H15ClN6O4. The van der Waals surface area contributed by atoms with Crippen LogP contribution in [-0.4, -0.2) is 25.8 Å². The summed E-state index contributed by atoms with van der Waals surface area (Å²) in [6.07, 6.45) is 1.09. The minimum Gasteiger partial charge on any atom is -0.431 e. The first-order valence-electron chi connectivity index (χ1n) is 9.28. The number of nitro groups is 1. The Morgan fingerprint density at radius 1 is 1.09 bits per heavy atom. The van der Waals surface area contributed by atoms with Crippen LogP contribution in [0.5, 0.6) is 11.6 Å². The average molecular weight is 451 g/mol. The van der Waals surface area contributed by atoms with Crippen LogP contribution in [0.4, 0.5) is 11.5 Å². The van der Waals surface area contributed by atoms with Gasteiger partial charge >= 0.3 is 11.6 Å². The number of carbonyl (C=O) groups excluding carboxylic acids is 1. The fourth-order valence-electron chi connectivity index (χ4n) is 2.89. The van der Waals surface area contributed by atoms with Crippen LogP contribution in [-0.2, 0) is 0 Å². The van der Waals surface area contributed by atoms with Crippen LogP contribution >= 0.6 is 11.6 Å². The molecule has 2 N–H and O–H groups in total. The lowest BCUT2D eigenvalue weighted by Crippen LogP contribution is -2.30. The van der Waals surface area contributed by atoms with E-state index in [2.05, 4.69) is 25.8 Å². The molecule has 4 aromatic rings. The summed E-state index contributed by atoms with van der Waals surface area (Å²) in [4.78, 5) is 35.6. The van der Waals surface area contributed by atoms with E-state index in [9.17, 15) is 14.9 Å². The van der Waals surface area contributed by atoms with Gasteiger partial charge in [-0.1, -0.05) is 29.8 Å². The molecule has 0 unspecified atom stereocenters. The van der Waals surface area contributed by atoms with Crippen molar-refractivity contribution in [3.8, 4) is 11.6 Å². The molecule has 4 rings (SSSR count). The number of benzene rings is 2. The van der Waals surface area contributed by atoms with Gasteiger partial charge in [0.15, 0.2) is 5.75 Å². The SMILES string of the molecule is Cc1ccc2cccc(Oc3ncnc(NNC(=O)c4ccc(Cl)cc4)c3[N+](=O)[O-])c2n1. The van der Waals surface area contributed by atoms with E-state index in [0.29, 0.717) is 21.9 Å². The van der Waals surface area contributed by atoms with Gasteiger partial charge in [-0.25, -0.2) is 9.97 Å². The number of hydrogen-bond donors (Lipinski definition) is 2. The monoisotopic (exact) mass is 450 g/mol. The van der Waals surface area contributed by atoms with Gasteiger partial charge in [0.25, 0.3) is 5.91 Å². The zero-order valence-corrected chi connectivity index (χ0v) is 17.3. The summed E-state index contributed by atoms with van der Waals surface area (Å²) in [5.74, 6) is -0.786. The van der Waals surface area contributed by atoms with Crippen LogP contribution in [0.25, 0.3) is 10.9 Å². The molecule has 0 atom stereocenters. The molecule has 0 radical (unpaired) electrons. The highest BCUT2D eigenvalue weighted by atomic mass is 35.5. The fourth-order valence-corrected chi connectivity index (χ4v) is 3.01. The summed E-state index contributed by atoms with van der Waals surface area (Å²) < 4.78 is 5.76.